The van der Waals surface area contributed by atoms with E-state index in [2.05, 4.69) is 5.32 Å². The summed E-state index contributed by atoms with van der Waals surface area (Å²) in [5.74, 6) is 0.0432. The van der Waals surface area contributed by atoms with Crippen LogP contribution in [0.2, 0.25) is 0 Å². The van der Waals surface area contributed by atoms with E-state index in [-0.39, 0.29) is 12.5 Å². The molecule has 4 N–H and O–H groups in total. The molecule has 0 saturated carbocycles. The Bertz CT molecular complexity index is 742. The van der Waals surface area contributed by atoms with Gasteiger partial charge in [0.05, 0.1) is 18.0 Å². The minimum atomic E-state index is -0.950. The first-order valence-electron chi connectivity index (χ1n) is 7.38. The number of amides is 2. The second-order valence-corrected chi connectivity index (χ2v) is 6.50. The first-order valence-corrected chi connectivity index (χ1v) is 8.26. The number of ether oxygens (including phenoxy) is 1. The van der Waals surface area contributed by atoms with Gasteiger partial charge >= 0.3 is 12.2 Å². The predicted molar refractivity (Wildman–Crippen MR) is 92.2 cm³/mol. The normalized spacial score (nSPS) is 14.1. The lowest BCUT2D eigenvalue weighted by molar-refractivity contribution is 0.0457. The molecule has 0 radical (unpaired) electrons. The molecule has 1 aromatic carbocycles. The van der Waals surface area contributed by atoms with E-state index < -0.39 is 12.2 Å². The number of likely N-dealkylation sites (tertiary alicyclic amines) is 1. The van der Waals surface area contributed by atoms with Crippen LogP contribution < -0.4 is 11.1 Å². The van der Waals surface area contributed by atoms with Gasteiger partial charge in [-0.25, -0.2) is 9.59 Å². The van der Waals surface area contributed by atoms with Gasteiger partial charge in [-0.1, -0.05) is 12.1 Å². The van der Waals surface area contributed by atoms with Crippen molar-refractivity contribution in [2.45, 2.75) is 0 Å². The number of nitrogens with one attached hydrogen (secondary N) is 1. The Morgan fingerprint density at radius 1 is 1.38 bits per heavy atom. The van der Waals surface area contributed by atoms with Gasteiger partial charge in [0.2, 0.25) is 0 Å². The third kappa shape index (κ3) is 3.60. The fourth-order valence-electron chi connectivity index (χ4n) is 2.43. The van der Waals surface area contributed by atoms with Crippen LogP contribution in [-0.2, 0) is 4.74 Å². The zero-order chi connectivity index (χ0) is 17.1. The van der Waals surface area contributed by atoms with Gasteiger partial charge in [-0.3, -0.25) is 5.32 Å². The summed E-state index contributed by atoms with van der Waals surface area (Å²) in [6.07, 6.45) is -1.55. The number of thiophene rings is 1. The van der Waals surface area contributed by atoms with Crippen LogP contribution in [0.3, 0.4) is 0 Å². The van der Waals surface area contributed by atoms with Crippen LogP contribution >= 0.6 is 11.3 Å². The van der Waals surface area contributed by atoms with Crippen molar-refractivity contribution in [3.63, 3.8) is 0 Å². The number of carbonyl (C=O) groups excluding carboxylic acids is 1. The fourth-order valence-corrected chi connectivity index (χ4v) is 3.16. The third-order valence-corrected chi connectivity index (χ3v) is 4.69. The lowest BCUT2D eigenvalue weighted by Crippen LogP contribution is -2.51. The number of carboxylic acid groups (broad SMARTS) is 1. The van der Waals surface area contributed by atoms with Crippen molar-refractivity contribution < 1.29 is 19.4 Å². The number of nitrogens with two attached hydrogens (primary N) is 1. The summed E-state index contributed by atoms with van der Waals surface area (Å²) in [5, 5.41) is 13.4. The monoisotopic (exact) mass is 347 g/mol. The Hall–Kier alpha value is -2.74. The highest BCUT2D eigenvalue weighted by Gasteiger charge is 2.31. The number of hydrogen-bond acceptors (Lipinski definition) is 5. The molecule has 1 aliphatic rings. The van der Waals surface area contributed by atoms with E-state index in [0.29, 0.717) is 24.5 Å². The molecule has 0 aliphatic carbocycles. The minimum absolute atomic E-state index is 0.0432. The van der Waals surface area contributed by atoms with Gasteiger partial charge in [0.15, 0.2) is 0 Å². The van der Waals surface area contributed by atoms with Gasteiger partial charge in [-0.15, -0.1) is 11.3 Å². The molecule has 3 rings (SSSR count). The van der Waals surface area contributed by atoms with E-state index >= 15 is 0 Å². The predicted octanol–water partition coefficient (Wildman–Crippen LogP) is 3.16. The molecule has 126 valence electrons. The van der Waals surface area contributed by atoms with Gasteiger partial charge in [0.25, 0.3) is 0 Å². The summed E-state index contributed by atoms with van der Waals surface area (Å²) >= 11 is 1.60. The molecule has 0 bridgehead atoms. The molecule has 0 spiro atoms. The summed E-state index contributed by atoms with van der Waals surface area (Å²) in [6, 6.07) is 9.38. The van der Waals surface area contributed by atoms with Crippen molar-refractivity contribution in [3.8, 4) is 10.4 Å². The lowest BCUT2D eigenvalue weighted by Gasteiger charge is -2.36. The van der Waals surface area contributed by atoms with E-state index in [1.54, 1.807) is 23.5 Å². The van der Waals surface area contributed by atoms with Crippen molar-refractivity contribution in [2.75, 3.05) is 30.7 Å². The molecule has 2 heterocycles. The van der Waals surface area contributed by atoms with Crippen LogP contribution in [0.4, 0.5) is 21.0 Å². The van der Waals surface area contributed by atoms with Crippen LogP contribution in [0.15, 0.2) is 35.7 Å². The minimum Gasteiger partial charge on any atom is -0.465 e. The largest absolute Gasteiger partial charge is 0.465 e. The fraction of sp³-hybridized carbons (Fsp3) is 0.250. The second-order valence-electron chi connectivity index (χ2n) is 5.56. The maximum Gasteiger partial charge on any atom is 0.411 e. The topological polar surface area (TPSA) is 105 Å². The Balaban J connectivity index is 1.55. The van der Waals surface area contributed by atoms with Crippen LogP contribution in [-0.4, -0.2) is 41.9 Å². The first kappa shape index (κ1) is 16.1. The molecule has 1 fully saturated rings. The summed E-state index contributed by atoms with van der Waals surface area (Å²) in [6.45, 7) is 0.956. The first-order chi connectivity index (χ1) is 11.5. The van der Waals surface area contributed by atoms with E-state index in [9.17, 15) is 9.59 Å². The number of benzene rings is 1. The van der Waals surface area contributed by atoms with Gasteiger partial charge in [0.1, 0.15) is 0 Å². The molecule has 1 saturated heterocycles. The molecule has 2 aromatic rings. The summed E-state index contributed by atoms with van der Waals surface area (Å²) in [4.78, 5) is 24.9. The molecule has 0 unspecified atom stereocenters. The maximum atomic E-state index is 11.9. The summed E-state index contributed by atoms with van der Waals surface area (Å²) in [5.41, 5.74) is 7.80. The Kier molecular flexibility index (Phi) is 4.57. The number of carbonyl (C=O) groups is 2. The summed E-state index contributed by atoms with van der Waals surface area (Å²) < 4.78 is 5.14. The van der Waals surface area contributed by atoms with Crippen LogP contribution in [0.5, 0.6) is 0 Å². The van der Waals surface area contributed by atoms with Crippen molar-refractivity contribution >= 4 is 34.9 Å². The summed E-state index contributed by atoms with van der Waals surface area (Å²) in [7, 11) is 0. The lowest BCUT2D eigenvalue weighted by atomic mass is 10.0. The van der Waals surface area contributed by atoms with Crippen LogP contribution in [0.1, 0.15) is 0 Å². The highest BCUT2D eigenvalue weighted by molar-refractivity contribution is 7.13. The Morgan fingerprint density at radius 3 is 2.83 bits per heavy atom. The van der Waals surface area contributed by atoms with Crippen molar-refractivity contribution in [1.82, 2.24) is 4.90 Å². The smallest absolute Gasteiger partial charge is 0.411 e. The van der Waals surface area contributed by atoms with Gasteiger partial charge in [0, 0.05) is 23.9 Å². The van der Waals surface area contributed by atoms with E-state index in [1.807, 2.05) is 23.6 Å². The van der Waals surface area contributed by atoms with Crippen molar-refractivity contribution in [2.24, 2.45) is 5.92 Å². The van der Waals surface area contributed by atoms with E-state index in [4.69, 9.17) is 15.6 Å². The second kappa shape index (κ2) is 6.79. The van der Waals surface area contributed by atoms with Gasteiger partial charge < -0.3 is 20.5 Å². The average molecular weight is 347 g/mol. The average Bonchev–Trinajstić information content (AvgIpc) is 3.01. The molecule has 2 amide bonds. The molecular weight excluding hydrogens is 330 g/mol. The zero-order valence-electron chi connectivity index (χ0n) is 12.8. The van der Waals surface area contributed by atoms with Crippen LogP contribution in [0.25, 0.3) is 10.4 Å². The zero-order valence-corrected chi connectivity index (χ0v) is 13.6. The Labute approximate surface area is 142 Å². The quantitative estimate of drug-likeness (QED) is 0.737. The number of nitrogen functional groups attached to an aromatic ring is 1. The maximum absolute atomic E-state index is 11.9. The number of anilines is 2. The van der Waals surface area contributed by atoms with Crippen molar-refractivity contribution in [1.29, 1.82) is 0 Å². The standard InChI is InChI=1S/C16H17N3O4S/c17-12-4-3-11(14-2-1-5-24-14)6-13(12)18-15(20)23-9-10-7-19(8-10)16(21)22/h1-6,10H,7-9,17H2,(H,18,20)(H,21,22). The number of nitrogens with zero attached hydrogens (tertiary/aromatic N) is 1. The molecule has 1 aliphatic heterocycles. The molecule has 0 atom stereocenters. The Morgan fingerprint density at radius 2 is 2.17 bits per heavy atom. The molecule has 1 aromatic heterocycles. The molecular formula is C16H17N3O4S. The van der Waals surface area contributed by atoms with E-state index in [0.717, 1.165) is 10.4 Å². The molecule has 24 heavy (non-hydrogen) atoms. The van der Waals surface area contributed by atoms with Crippen LogP contribution in [0, 0.1) is 5.92 Å². The molecule has 8 heteroatoms. The highest BCUT2D eigenvalue weighted by Crippen LogP contribution is 2.30. The number of rotatable bonds is 4. The number of hydrogen-bond donors (Lipinski definition) is 3. The van der Waals surface area contributed by atoms with E-state index in [1.165, 1.54) is 4.90 Å². The van der Waals surface area contributed by atoms with Crippen molar-refractivity contribution in [3.05, 3.63) is 35.7 Å². The third-order valence-electron chi connectivity index (χ3n) is 3.77. The SMILES string of the molecule is Nc1ccc(-c2cccs2)cc1NC(=O)OCC1CN(C(=O)O)C1. The van der Waals surface area contributed by atoms with Gasteiger partial charge in [-0.05, 0) is 29.1 Å². The molecule has 7 nitrogen and oxygen atoms in total. The highest BCUT2D eigenvalue weighted by atomic mass is 32.1. The van der Waals surface area contributed by atoms with Gasteiger partial charge in [-0.2, -0.15) is 0 Å².